The number of nitrogens with zero attached hydrogens (tertiary/aromatic N) is 3. The number of nitrogens with one attached hydrogen (secondary N) is 2. The highest BCUT2D eigenvalue weighted by Crippen LogP contribution is 2.32. The molecule has 1 aromatic heterocycles. The van der Waals surface area contributed by atoms with Gasteiger partial charge >= 0.3 is 0 Å². The second-order valence-corrected chi connectivity index (χ2v) is 9.56. The Morgan fingerprint density at radius 2 is 1.62 bits per heavy atom. The van der Waals surface area contributed by atoms with E-state index in [1.165, 1.54) is 36.4 Å². The Kier molecular flexibility index (Phi) is 6.56. The lowest BCUT2D eigenvalue weighted by Gasteiger charge is -2.18. The quantitative estimate of drug-likeness (QED) is 0.455. The van der Waals surface area contributed by atoms with Gasteiger partial charge < -0.3 is 5.32 Å². The predicted octanol–water partition coefficient (Wildman–Crippen LogP) is 3.93. The van der Waals surface area contributed by atoms with E-state index in [1.54, 1.807) is 12.1 Å². The molecule has 2 amide bonds. The van der Waals surface area contributed by atoms with E-state index in [0.717, 1.165) is 10.5 Å². The fourth-order valence-corrected chi connectivity index (χ4v) is 4.60. The molecule has 34 heavy (non-hydrogen) atoms. The van der Waals surface area contributed by atoms with Gasteiger partial charge in [0.25, 0.3) is 21.8 Å². The van der Waals surface area contributed by atoms with Gasteiger partial charge in [-0.15, -0.1) is 10.2 Å². The first-order chi connectivity index (χ1) is 16.2. The lowest BCUT2D eigenvalue weighted by atomic mass is 10.1. The highest BCUT2D eigenvalue weighted by atomic mass is 35.5. The van der Waals surface area contributed by atoms with Crippen molar-refractivity contribution in [3.8, 4) is 0 Å². The average Bonchev–Trinajstić information content (AvgIpc) is 3.03. The number of amides is 2. The molecule has 3 aromatic rings. The van der Waals surface area contributed by atoms with Crippen LogP contribution in [0.4, 0.5) is 17.2 Å². The molecule has 12 heteroatoms. The first-order valence-corrected chi connectivity index (χ1v) is 12.2. The number of carbonyl (C=O) groups is 2. The maximum Gasteiger partial charge on any atom is 0.283 e. The Bertz CT molecular complexity index is 1410. The summed E-state index contributed by atoms with van der Waals surface area (Å²) in [7, 11) is -3.94. The minimum atomic E-state index is -3.94. The van der Waals surface area contributed by atoms with Gasteiger partial charge in [0.05, 0.1) is 10.6 Å². The summed E-state index contributed by atoms with van der Waals surface area (Å²) in [6.07, 6.45) is 0.624. The van der Waals surface area contributed by atoms with Gasteiger partial charge in [0.15, 0.2) is 11.0 Å². The van der Waals surface area contributed by atoms with Crippen molar-refractivity contribution in [2.45, 2.75) is 18.2 Å². The molecule has 0 saturated carbocycles. The van der Waals surface area contributed by atoms with E-state index in [2.05, 4.69) is 20.2 Å². The molecule has 2 N–H and O–H groups in total. The number of sulfonamides is 1. The molecule has 0 spiro atoms. The summed E-state index contributed by atoms with van der Waals surface area (Å²) in [6.45, 7) is 1.92. The van der Waals surface area contributed by atoms with Gasteiger partial charge in [-0.05, 0) is 54.4 Å². The van der Waals surface area contributed by atoms with Crippen LogP contribution in [0.2, 0.25) is 5.15 Å². The monoisotopic (exact) mass is 517 g/mol. The molecule has 0 fully saturated rings. The summed E-state index contributed by atoms with van der Waals surface area (Å²) < 4.78 is 27.5. The molecule has 1 aliphatic rings. The van der Waals surface area contributed by atoms with Crippen molar-refractivity contribution in [3.05, 3.63) is 82.1 Å². The Hall–Kier alpha value is -3.47. The number of anilines is 3. The molecule has 0 aliphatic carbocycles. The molecule has 0 atom stereocenters. The summed E-state index contributed by atoms with van der Waals surface area (Å²) >= 11 is 11.9. The number of halogens is 2. The zero-order valence-corrected chi connectivity index (χ0v) is 19.9. The van der Waals surface area contributed by atoms with Gasteiger partial charge in [0.1, 0.15) is 10.7 Å². The number of hydrogen-bond donors (Lipinski definition) is 2. The summed E-state index contributed by atoms with van der Waals surface area (Å²) in [5.74, 6) is -1.23. The average molecular weight is 518 g/mol. The van der Waals surface area contributed by atoms with Crippen molar-refractivity contribution in [3.63, 3.8) is 0 Å². The molecule has 0 bridgehead atoms. The molecular weight excluding hydrogens is 501 g/mol. The summed E-state index contributed by atoms with van der Waals surface area (Å²) in [5.41, 5.74) is 1.56. The van der Waals surface area contributed by atoms with Gasteiger partial charge in [0.2, 0.25) is 0 Å². The van der Waals surface area contributed by atoms with Gasteiger partial charge in [-0.25, -0.2) is 13.3 Å². The SMILES string of the molecule is CCc1ccccc1N1C(=O)C(Cl)=C(Nc2ccc(S(=O)(=O)Nc3ccc(Cl)nn3)cc2)C1=O. The van der Waals surface area contributed by atoms with Crippen molar-refractivity contribution >= 4 is 62.2 Å². The van der Waals surface area contributed by atoms with Gasteiger partial charge in [0, 0.05) is 5.69 Å². The van der Waals surface area contributed by atoms with Crippen LogP contribution in [0.1, 0.15) is 12.5 Å². The first kappa shape index (κ1) is 23.7. The zero-order chi connectivity index (χ0) is 24.5. The summed E-state index contributed by atoms with van der Waals surface area (Å²) in [6, 6.07) is 15.4. The van der Waals surface area contributed by atoms with Crippen LogP contribution >= 0.6 is 23.2 Å². The molecule has 174 valence electrons. The molecule has 2 heterocycles. The first-order valence-electron chi connectivity index (χ1n) is 9.97. The Labute approximate surface area is 205 Å². The second-order valence-electron chi connectivity index (χ2n) is 7.11. The van der Waals surface area contributed by atoms with Crippen LogP contribution < -0.4 is 14.9 Å². The van der Waals surface area contributed by atoms with Crippen LogP contribution in [0.25, 0.3) is 0 Å². The van der Waals surface area contributed by atoms with Crippen molar-refractivity contribution < 1.29 is 18.0 Å². The van der Waals surface area contributed by atoms with Crippen molar-refractivity contribution in [2.75, 3.05) is 14.9 Å². The van der Waals surface area contributed by atoms with Crippen LogP contribution in [0.5, 0.6) is 0 Å². The minimum absolute atomic E-state index is 0.00561. The Morgan fingerprint density at radius 3 is 2.26 bits per heavy atom. The van der Waals surface area contributed by atoms with Crippen molar-refractivity contribution in [1.29, 1.82) is 0 Å². The smallest absolute Gasteiger partial charge is 0.283 e. The lowest BCUT2D eigenvalue weighted by Crippen LogP contribution is -2.33. The molecule has 1 aliphatic heterocycles. The highest BCUT2D eigenvalue weighted by molar-refractivity contribution is 7.92. The van der Waals surface area contributed by atoms with Crippen LogP contribution in [0.3, 0.4) is 0 Å². The fraction of sp³-hybridized carbons (Fsp3) is 0.0909. The van der Waals surface area contributed by atoms with Gasteiger partial charge in [-0.2, -0.15) is 0 Å². The van der Waals surface area contributed by atoms with E-state index < -0.39 is 21.8 Å². The summed E-state index contributed by atoms with van der Waals surface area (Å²) in [5, 5.41) is 9.95. The third-order valence-corrected chi connectivity index (χ3v) is 6.87. The highest BCUT2D eigenvalue weighted by Gasteiger charge is 2.39. The fourth-order valence-electron chi connectivity index (χ4n) is 3.29. The Balaban J connectivity index is 1.53. The van der Waals surface area contributed by atoms with Crippen LogP contribution in [0, 0.1) is 0 Å². The van der Waals surface area contributed by atoms with E-state index in [-0.39, 0.29) is 26.6 Å². The standard InChI is InChI=1S/C22H17Cl2N5O4S/c1-2-13-5-3-4-6-16(13)29-21(30)19(24)20(22(29)31)25-14-7-9-15(10-8-14)34(32,33)28-18-12-11-17(23)26-27-18/h3-12,25H,2H2,1H3,(H,27,28). The van der Waals surface area contributed by atoms with Crippen molar-refractivity contribution in [1.82, 2.24) is 10.2 Å². The minimum Gasteiger partial charge on any atom is -0.350 e. The third kappa shape index (κ3) is 4.60. The van der Waals surface area contributed by atoms with E-state index in [9.17, 15) is 18.0 Å². The van der Waals surface area contributed by atoms with E-state index in [0.29, 0.717) is 17.8 Å². The summed E-state index contributed by atoms with van der Waals surface area (Å²) in [4.78, 5) is 26.7. The molecule has 4 rings (SSSR count). The van der Waals surface area contributed by atoms with Crippen LogP contribution in [-0.2, 0) is 26.0 Å². The van der Waals surface area contributed by atoms with Crippen LogP contribution in [-0.4, -0.2) is 30.4 Å². The maximum absolute atomic E-state index is 13.0. The topological polar surface area (TPSA) is 121 Å². The zero-order valence-electron chi connectivity index (χ0n) is 17.6. The molecular formula is C22H17Cl2N5O4S. The number of para-hydroxylation sites is 1. The maximum atomic E-state index is 13.0. The molecule has 0 radical (unpaired) electrons. The largest absolute Gasteiger partial charge is 0.350 e. The Morgan fingerprint density at radius 1 is 0.912 bits per heavy atom. The van der Waals surface area contributed by atoms with E-state index in [4.69, 9.17) is 23.2 Å². The number of aromatic nitrogens is 2. The van der Waals surface area contributed by atoms with E-state index in [1.807, 2.05) is 19.1 Å². The van der Waals surface area contributed by atoms with E-state index >= 15 is 0 Å². The van der Waals surface area contributed by atoms with Gasteiger partial charge in [-0.3, -0.25) is 14.3 Å². The third-order valence-electron chi connectivity index (χ3n) is 4.95. The normalized spacial score (nSPS) is 14.0. The molecule has 0 saturated heterocycles. The molecule has 9 nitrogen and oxygen atoms in total. The number of benzene rings is 2. The predicted molar refractivity (Wildman–Crippen MR) is 129 cm³/mol. The molecule has 0 unspecified atom stereocenters. The number of rotatable bonds is 7. The van der Waals surface area contributed by atoms with Crippen LogP contribution in [0.15, 0.2) is 76.3 Å². The van der Waals surface area contributed by atoms with Crippen molar-refractivity contribution in [2.24, 2.45) is 0 Å². The lowest BCUT2D eigenvalue weighted by molar-refractivity contribution is -0.120. The number of hydrogen-bond acceptors (Lipinski definition) is 7. The second kappa shape index (κ2) is 9.41. The van der Waals surface area contributed by atoms with Gasteiger partial charge in [-0.1, -0.05) is 48.3 Å². The number of carbonyl (C=O) groups excluding carboxylic acids is 2. The molecule has 2 aromatic carbocycles. The number of imide groups is 1. The number of aryl methyl sites for hydroxylation is 1.